The number of likely N-dealkylation sites (N-methyl/N-ethyl adjacent to an activating group) is 1. The van der Waals surface area contributed by atoms with Gasteiger partial charge in [0.1, 0.15) is 6.54 Å². The highest BCUT2D eigenvalue weighted by Gasteiger charge is 2.34. The minimum atomic E-state index is -0.810. The summed E-state index contributed by atoms with van der Waals surface area (Å²) >= 11 is 0. The Morgan fingerprint density at radius 3 is 2.79 bits per heavy atom. The van der Waals surface area contributed by atoms with Gasteiger partial charge < -0.3 is 10.4 Å². The van der Waals surface area contributed by atoms with Gasteiger partial charge in [-0.25, -0.2) is 0 Å². The number of hydrogen-bond donors (Lipinski definition) is 2. The minimum absolute atomic E-state index is 0.0573. The van der Waals surface area contributed by atoms with Crippen LogP contribution in [-0.2, 0) is 16.1 Å². The van der Waals surface area contributed by atoms with E-state index in [-0.39, 0.29) is 31.1 Å². The molecule has 1 aliphatic carbocycles. The van der Waals surface area contributed by atoms with Gasteiger partial charge in [-0.15, -0.1) is 0 Å². The average molecular weight is 330 g/mol. The van der Waals surface area contributed by atoms with Crippen molar-refractivity contribution < 1.29 is 14.7 Å². The third-order valence-electron chi connectivity index (χ3n) is 4.51. The molecule has 0 saturated heterocycles. The van der Waals surface area contributed by atoms with Gasteiger partial charge in [0.2, 0.25) is 5.91 Å². The molecular formula is C17H22N4O3. The number of carbonyl (C=O) groups is 2. The molecule has 1 aromatic carbocycles. The zero-order valence-corrected chi connectivity index (χ0v) is 13.7. The standard InChI is InChI=1S/C17H22N4O3/c1-2-20(11-17(23)24)14-7-13(8-14)18-16(22)10-21-9-12-5-3-4-6-15(12)19-21/h3-6,9,13-14H,2,7-8,10-11H2,1H3,(H,18,22)(H,23,24). The topological polar surface area (TPSA) is 87.5 Å². The predicted molar refractivity (Wildman–Crippen MR) is 89.6 cm³/mol. The van der Waals surface area contributed by atoms with Crippen LogP contribution in [0.2, 0.25) is 0 Å². The van der Waals surface area contributed by atoms with Crippen LogP contribution in [0.4, 0.5) is 0 Å². The fourth-order valence-electron chi connectivity index (χ4n) is 3.19. The van der Waals surface area contributed by atoms with Gasteiger partial charge in [0.05, 0.1) is 12.1 Å². The monoisotopic (exact) mass is 330 g/mol. The molecular weight excluding hydrogens is 308 g/mol. The molecule has 1 amide bonds. The van der Waals surface area contributed by atoms with E-state index in [0.717, 1.165) is 23.7 Å². The molecule has 0 unspecified atom stereocenters. The molecule has 7 nitrogen and oxygen atoms in total. The van der Waals surface area contributed by atoms with Crippen LogP contribution in [0, 0.1) is 0 Å². The third-order valence-corrected chi connectivity index (χ3v) is 4.51. The molecule has 2 N–H and O–H groups in total. The molecule has 0 bridgehead atoms. The second-order valence-corrected chi connectivity index (χ2v) is 6.23. The molecule has 0 radical (unpaired) electrons. The molecule has 128 valence electrons. The van der Waals surface area contributed by atoms with Gasteiger partial charge in [0, 0.05) is 23.7 Å². The molecule has 1 aromatic heterocycles. The lowest BCUT2D eigenvalue weighted by Gasteiger charge is -2.42. The first kappa shape index (κ1) is 16.4. The van der Waals surface area contributed by atoms with Crippen molar-refractivity contribution in [1.82, 2.24) is 20.0 Å². The zero-order chi connectivity index (χ0) is 17.1. The number of carboxylic acid groups (broad SMARTS) is 1. The number of nitrogens with zero attached hydrogens (tertiary/aromatic N) is 3. The van der Waals surface area contributed by atoms with Crippen molar-refractivity contribution in [3.8, 4) is 0 Å². The second-order valence-electron chi connectivity index (χ2n) is 6.23. The van der Waals surface area contributed by atoms with Crippen LogP contribution in [0.25, 0.3) is 10.9 Å². The van der Waals surface area contributed by atoms with E-state index in [4.69, 9.17) is 5.11 Å². The first-order valence-corrected chi connectivity index (χ1v) is 8.22. The van der Waals surface area contributed by atoms with Gasteiger partial charge >= 0.3 is 5.97 Å². The number of amides is 1. The predicted octanol–water partition coefficient (Wildman–Crippen LogP) is 1.09. The number of aliphatic carboxylic acids is 1. The maximum atomic E-state index is 12.1. The summed E-state index contributed by atoms with van der Waals surface area (Å²) in [5, 5.41) is 17.3. The number of fused-ring (bicyclic) bond motifs is 1. The minimum Gasteiger partial charge on any atom is -0.480 e. The molecule has 1 fully saturated rings. The van der Waals surface area contributed by atoms with Crippen molar-refractivity contribution in [1.29, 1.82) is 0 Å². The number of carbonyl (C=O) groups excluding carboxylic acids is 1. The number of benzene rings is 1. The zero-order valence-electron chi connectivity index (χ0n) is 13.7. The average Bonchev–Trinajstić information content (AvgIpc) is 2.90. The lowest BCUT2D eigenvalue weighted by Crippen LogP contribution is -2.55. The molecule has 7 heteroatoms. The van der Waals surface area contributed by atoms with Gasteiger partial charge in [-0.3, -0.25) is 19.2 Å². The van der Waals surface area contributed by atoms with Crippen molar-refractivity contribution >= 4 is 22.8 Å². The fourth-order valence-corrected chi connectivity index (χ4v) is 3.19. The lowest BCUT2D eigenvalue weighted by atomic mass is 9.85. The largest absolute Gasteiger partial charge is 0.480 e. The van der Waals surface area contributed by atoms with Crippen LogP contribution < -0.4 is 5.32 Å². The highest BCUT2D eigenvalue weighted by molar-refractivity contribution is 5.80. The molecule has 0 atom stereocenters. The maximum absolute atomic E-state index is 12.1. The number of aromatic nitrogens is 2. The summed E-state index contributed by atoms with van der Waals surface area (Å²) in [6.45, 7) is 2.92. The SMILES string of the molecule is CCN(CC(=O)O)C1CC(NC(=O)Cn2cc3ccccc3n2)C1. The summed E-state index contributed by atoms with van der Waals surface area (Å²) in [6.07, 6.45) is 3.46. The van der Waals surface area contributed by atoms with E-state index in [0.29, 0.717) is 6.54 Å². The molecule has 1 aliphatic rings. The number of nitrogens with one attached hydrogen (secondary N) is 1. The normalized spacial score (nSPS) is 20.1. The first-order valence-electron chi connectivity index (χ1n) is 8.22. The van der Waals surface area contributed by atoms with E-state index < -0.39 is 5.97 Å². The van der Waals surface area contributed by atoms with Crippen LogP contribution in [0.5, 0.6) is 0 Å². The van der Waals surface area contributed by atoms with Crippen LogP contribution in [0.1, 0.15) is 19.8 Å². The molecule has 0 aliphatic heterocycles. The smallest absolute Gasteiger partial charge is 0.317 e. The highest BCUT2D eigenvalue weighted by Crippen LogP contribution is 2.25. The Morgan fingerprint density at radius 1 is 1.38 bits per heavy atom. The van der Waals surface area contributed by atoms with Crippen LogP contribution in [0.15, 0.2) is 30.5 Å². The van der Waals surface area contributed by atoms with Crippen molar-refractivity contribution in [3.05, 3.63) is 30.5 Å². The molecule has 3 rings (SSSR count). The first-order chi connectivity index (χ1) is 11.5. The van der Waals surface area contributed by atoms with Crippen LogP contribution >= 0.6 is 0 Å². The van der Waals surface area contributed by atoms with E-state index in [1.54, 1.807) is 4.68 Å². The summed E-state index contributed by atoms with van der Waals surface area (Å²) < 4.78 is 1.65. The van der Waals surface area contributed by atoms with Crippen molar-refractivity contribution in [2.24, 2.45) is 0 Å². The van der Waals surface area contributed by atoms with Crippen molar-refractivity contribution in [2.45, 2.75) is 38.4 Å². The summed E-state index contributed by atoms with van der Waals surface area (Å²) in [5.74, 6) is -0.873. The second kappa shape index (κ2) is 7.00. The lowest BCUT2D eigenvalue weighted by molar-refractivity contribution is -0.139. The summed E-state index contributed by atoms with van der Waals surface area (Å²) in [5.41, 5.74) is 0.876. The fraction of sp³-hybridized carbons (Fsp3) is 0.471. The summed E-state index contributed by atoms with van der Waals surface area (Å²) in [7, 11) is 0. The number of hydrogen-bond acceptors (Lipinski definition) is 4. The van der Waals surface area contributed by atoms with Crippen LogP contribution in [0.3, 0.4) is 0 Å². The number of rotatable bonds is 7. The Kier molecular flexibility index (Phi) is 4.80. The van der Waals surface area contributed by atoms with Crippen molar-refractivity contribution in [3.63, 3.8) is 0 Å². The van der Waals surface area contributed by atoms with Crippen LogP contribution in [-0.4, -0.2) is 56.8 Å². The Hall–Kier alpha value is -2.41. The Balaban J connectivity index is 1.47. The molecule has 24 heavy (non-hydrogen) atoms. The van der Waals surface area contributed by atoms with E-state index in [2.05, 4.69) is 10.4 Å². The van der Waals surface area contributed by atoms with Gasteiger partial charge in [-0.1, -0.05) is 25.1 Å². The van der Waals surface area contributed by atoms with Gasteiger partial charge in [-0.05, 0) is 25.5 Å². The maximum Gasteiger partial charge on any atom is 0.317 e. The molecule has 2 aromatic rings. The summed E-state index contributed by atoms with van der Waals surface area (Å²) in [4.78, 5) is 24.9. The number of carboxylic acids is 1. The highest BCUT2D eigenvalue weighted by atomic mass is 16.4. The Morgan fingerprint density at radius 2 is 2.12 bits per heavy atom. The van der Waals surface area contributed by atoms with E-state index in [1.165, 1.54) is 0 Å². The molecule has 1 heterocycles. The van der Waals surface area contributed by atoms with Gasteiger partial charge in [0.15, 0.2) is 0 Å². The Bertz CT molecular complexity index is 703. The third kappa shape index (κ3) is 3.73. The molecule has 1 saturated carbocycles. The van der Waals surface area contributed by atoms with Crippen molar-refractivity contribution in [2.75, 3.05) is 13.1 Å². The quantitative estimate of drug-likeness (QED) is 0.793. The van der Waals surface area contributed by atoms with Gasteiger partial charge in [0.25, 0.3) is 0 Å². The van der Waals surface area contributed by atoms with Gasteiger partial charge in [-0.2, -0.15) is 5.10 Å². The Labute approximate surface area is 140 Å². The van der Waals surface area contributed by atoms with E-state index >= 15 is 0 Å². The summed E-state index contributed by atoms with van der Waals surface area (Å²) in [6, 6.07) is 8.11. The molecule has 0 spiro atoms. The van der Waals surface area contributed by atoms with E-state index in [1.807, 2.05) is 42.3 Å². The van der Waals surface area contributed by atoms with E-state index in [9.17, 15) is 9.59 Å².